The third-order valence-corrected chi connectivity index (χ3v) is 5.32. The molecule has 0 bridgehead atoms. The Hall–Kier alpha value is -3.27. The van der Waals surface area contributed by atoms with Gasteiger partial charge in [-0.3, -0.25) is 14.9 Å². The van der Waals surface area contributed by atoms with Gasteiger partial charge < -0.3 is 10.1 Å². The third kappa shape index (κ3) is 4.88. The Morgan fingerprint density at radius 1 is 1.11 bits per heavy atom. The predicted octanol–water partition coefficient (Wildman–Crippen LogP) is 2.18. The predicted molar refractivity (Wildman–Crippen MR) is 96.2 cm³/mol. The summed E-state index contributed by atoms with van der Waals surface area (Å²) >= 11 is 0. The van der Waals surface area contributed by atoms with Crippen molar-refractivity contribution in [3.63, 3.8) is 0 Å². The summed E-state index contributed by atoms with van der Waals surface area (Å²) in [4.78, 5) is 34.2. The topological polar surface area (TPSA) is 133 Å². The van der Waals surface area contributed by atoms with Gasteiger partial charge in [-0.1, -0.05) is 31.2 Å². The van der Waals surface area contributed by atoms with Crippen molar-refractivity contribution < 1.29 is 27.7 Å². The van der Waals surface area contributed by atoms with Gasteiger partial charge in [0.2, 0.25) is 0 Å². The molecule has 0 aliphatic rings. The number of nitrogens with zero attached hydrogens (tertiary/aromatic N) is 1. The van der Waals surface area contributed by atoms with Crippen LogP contribution in [-0.2, 0) is 19.4 Å². The summed E-state index contributed by atoms with van der Waals surface area (Å²) in [6.45, 7) is 0.711. The van der Waals surface area contributed by atoms with E-state index in [-0.39, 0.29) is 27.6 Å². The largest absolute Gasteiger partial charge is 0.452 e. The lowest BCUT2D eigenvalue weighted by atomic mass is 10.2. The van der Waals surface area contributed by atoms with Crippen molar-refractivity contribution in [3.8, 4) is 0 Å². The maximum absolute atomic E-state index is 12.2. The number of hydrogen-bond acceptors (Lipinski definition) is 7. The number of hydrogen-bond donors (Lipinski definition) is 1. The Labute approximate surface area is 155 Å². The van der Waals surface area contributed by atoms with Gasteiger partial charge in [0.25, 0.3) is 11.6 Å². The number of benzene rings is 2. The van der Waals surface area contributed by atoms with Crippen LogP contribution in [0.4, 0.5) is 11.4 Å². The van der Waals surface area contributed by atoms with Crippen molar-refractivity contribution in [2.45, 2.75) is 11.8 Å². The molecule has 9 nitrogen and oxygen atoms in total. The van der Waals surface area contributed by atoms with E-state index in [9.17, 15) is 28.1 Å². The van der Waals surface area contributed by atoms with E-state index < -0.39 is 33.2 Å². The fraction of sp³-hybridized carbons (Fsp3) is 0.176. The highest BCUT2D eigenvalue weighted by Gasteiger charge is 2.22. The lowest BCUT2D eigenvalue weighted by Crippen LogP contribution is -2.22. The molecular weight excluding hydrogens is 376 g/mol. The van der Waals surface area contributed by atoms with Gasteiger partial charge in [-0.15, -0.1) is 0 Å². The molecule has 142 valence electrons. The molecule has 0 aromatic heterocycles. The van der Waals surface area contributed by atoms with Crippen LogP contribution in [0.2, 0.25) is 0 Å². The average Bonchev–Trinajstić information content (AvgIpc) is 2.66. The van der Waals surface area contributed by atoms with Crippen LogP contribution in [0, 0.1) is 10.1 Å². The van der Waals surface area contributed by atoms with Gasteiger partial charge in [0, 0.05) is 6.07 Å². The second kappa shape index (κ2) is 8.41. The van der Waals surface area contributed by atoms with Crippen LogP contribution in [0.5, 0.6) is 0 Å². The Morgan fingerprint density at radius 3 is 2.41 bits per heavy atom. The summed E-state index contributed by atoms with van der Waals surface area (Å²) in [5, 5.41) is 13.2. The first-order chi connectivity index (χ1) is 12.8. The smallest absolute Gasteiger partial charge is 0.339 e. The minimum absolute atomic E-state index is 0.0440. The summed E-state index contributed by atoms with van der Waals surface area (Å²) in [7, 11) is -3.65. The monoisotopic (exact) mass is 392 g/mol. The molecule has 0 atom stereocenters. The number of amides is 1. The zero-order chi connectivity index (χ0) is 20.0. The zero-order valence-electron chi connectivity index (χ0n) is 14.2. The van der Waals surface area contributed by atoms with Crippen molar-refractivity contribution in [3.05, 3.63) is 64.2 Å². The second-order valence-corrected chi connectivity index (χ2v) is 7.54. The molecule has 2 rings (SSSR count). The van der Waals surface area contributed by atoms with E-state index in [2.05, 4.69) is 5.32 Å². The molecule has 27 heavy (non-hydrogen) atoms. The van der Waals surface area contributed by atoms with Crippen molar-refractivity contribution in [2.75, 3.05) is 17.7 Å². The molecule has 1 amide bonds. The molecule has 0 spiro atoms. The number of ether oxygens (including phenoxy) is 1. The molecule has 0 saturated heterocycles. The summed E-state index contributed by atoms with van der Waals surface area (Å²) < 4.78 is 29.0. The highest BCUT2D eigenvalue weighted by atomic mass is 32.2. The van der Waals surface area contributed by atoms with E-state index in [1.54, 1.807) is 0 Å². The van der Waals surface area contributed by atoms with Gasteiger partial charge >= 0.3 is 5.97 Å². The highest BCUT2D eigenvalue weighted by molar-refractivity contribution is 7.91. The standard InChI is InChI=1S/C17H16N2O7S/c1-2-27(24,25)15-10-6-3-7-12(15)17(21)26-11-16(20)18-13-8-4-5-9-14(13)19(22)23/h3-10H,2,11H2,1H3,(H,18,20). The number of nitro groups is 1. The van der Waals surface area contributed by atoms with E-state index in [0.717, 1.165) is 0 Å². The van der Waals surface area contributed by atoms with E-state index >= 15 is 0 Å². The molecule has 0 radical (unpaired) electrons. The first kappa shape index (κ1) is 20.0. The highest BCUT2D eigenvalue weighted by Crippen LogP contribution is 2.23. The van der Waals surface area contributed by atoms with Crippen LogP contribution in [0.1, 0.15) is 17.3 Å². The third-order valence-electron chi connectivity index (χ3n) is 3.53. The molecule has 10 heteroatoms. The minimum Gasteiger partial charge on any atom is -0.452 e. The van der Waals surface area contributed by atoms with E-state index in [4.69, 9.17) is 4.74 Å². The van der Waals surface area contributed by atoms with E-state index in [0.29, 0.717) is 0 Å². The summed E-state index contributed by atoms with van der Waals surface area (Å²) in [5.41, 5.74) is -0.535. The minimum atomic E-state index is -3.65. The molecule has 0 unspecified atom stereocenters. The van der Waals surface area contributed by atoms with Crippen LogP contribution in [0.3, 0.4) is 0 Å². The number of nitro benzene ring substituents is 1. The molecule has 0 aliphatic heterocycles. The SMILES string of the molecule is CCS(=O)(=O)c1ccccc1C(=O)OCC(=O)Nc1ccccc1[N+](=O)[O-]. The molecule has 0 heterocycles. The van der Waals surface area contributed by atoms with Crippen molar-refractivity contribution in [2.24, 2.45) is 0 Å². The normalized spacial score (nSPS) is 10.9. The number of para-hydroxylation sites is 2. The van der Waals surface area contributed by atoms with Crippen LogP contribution >= 0.6 is 0 Å². The Bertz CT molecular complexity index is 986. The Balaban J connectivity index is 2.09. The second-order valence-electron chi connectivity index (χ2n) is 5.30. The fourth-order valence-corrected chi connectivity index (χ4v) is 3.28. The quantitative estimate of drug-likeness (QED) is 0.434. The first-order valence-corrected chi connectivity index (χ1v) is 9.43. The van der Waals surface area contributed by atoms with Crippen LogP contribution < -0.4 is 5.32 Å². The first-order valence-electron chi connectivity index (χ1n) is 7.78. The molecule has 0 aliphatic carbocycles. The number of rotatable bonds is 7. The molecule has 1 N–H and O–H groups in total. The molecule has 0 saturated carbocycles. The van der Waals surface area contributed by atoms with Gasteiger partial charge in [0.1, 0.15) is 5.69 Å². The van der Waals surface area contributed by atoms with Crippen molar-refractivity contribution in [1.29, 1.82) is 0 Å². The molecule has 0 fully saturated rings. The van der Waals surface area contributed by atoms with Crippen LogP contribution in [-0.4, -0.2) is 37.6 Å². The van der Waals surface area contributed by atoms with Gasteiger partial charge in [-0.2, -0.15) is 0 Å². The maximum Gasteiger partial charge on any atom is 0.339 e. The number of carbonyl (C=O) groups excluding carboxylic acids is 2. The summed E-state index contributed by atoms with van der Waals surface area (Å²) in [6, 6.07) is 11.0. The maximum atomic E-state index is 12.2. The van der Waals surface area contributed by atoms with Gasteiger partial charge in [0.05, 0.1) is 21.1 Å². The summed E-state index contributed by atoms with van der Waals surface area (Å²) in [6.07, 6.45) is 0. The van der Waals surface area contributed by atoms with Gasteiger partial charge in [-0.25, -0.2) is 13.2 Å². The number of carbonyl (C=O) groups is 2. The number of nitrogens with one attached hydrogen (secondary N) is 1. The van der Waals surface area contributed by atoms with Crippen LogP contribution in [0.25, 0.3) is 0 Å². The zero-order valence-corrected chi connectivity index (χ0v) is 15.1. The van der Waals surface area contributed by atoms with E-state index in [1.165, 1.54) is 55.5 Å². The van der Waals surface area contributed by atoms with Crippen molar-refractivity contribution >= 4 is 33.1 Å². The number of anilines is 1. The summed E-state index contributed by atoms with van der Waals surface area (Å²) in [5.74, 6) is -1.98. The lowest BCUT2D eigenvalue weighted by molar-refractivity contribution is -0.383. The van der Waals surface area contributed by atoms with Crippen molar-refractivity contribution in [1.82, 2.24) is 0 Å². The average molecular weight is 392 g/mol. The molecular formula is C17H16N2O7S. The molecule has 2 aromatic rings. The Kier molecular flexibility index (Phi) is 6.24. The lowest BCUT2D eigenvalue weighted by Gasteiger charge is -2.10. The Morgan fingerprint density at radius 2 is 1.74 bits per heavy atom. The van der Waals surface area contributed by atoms with Gasteiger partial charge in [-0.05, 0) is 18.2 Å². The number of esters is 1. The number of sulfone groups is 1. The fourth-order valence-electron chi connectivity index (χ4n) is 2.20. The molecule has 2 aromatic carbocycles. The van der Waals surface area contributed by atoms with Gasteiger partial charge in [0.15, 0.2) is 16.4 Å². The van der Waals surface area contributed by atoms with Crippen LogP contribution in [0.15, 0.2) is 53.4 Å². The van der Waals surface area contributed by atoms with E-state index in [1.807, 2.05) is 0 Å².